The summed E-state index contributed by atoms with van der Waals surface area (Å²) in [7, 11) is 0. The number of aromatic nitrogens is 1. The Kier molecular flexibility index (Phi) is 3.53. The van der Waals surface area contributed by atoms with E-state index in [1.807, 2.05) is 11.6 Å². The molecule has 0 amide bonds. The van der Waals surface area contributed by atoms with Crippen molar-refractivity contribution < 1.29 is 0 Å². The number of rotatable bonds is 4. The normalized spacial score (nSPS) is 17.1. The van der Waals surface area contributed by atoms with Crippen LogP contribution >= 0.6 is 23.6 Å². The summed E-state index contributed by atoms with van der Waals surface area (Å²) >= 11 is 6.91. The van der Waals surface area contributed by atoms with Crippen LogP contribution in [0.4, 0.5) is 0 Å². The van der Waals surface area contributed by atoms with E-state index in [-0.39, 0.29) is 6.04 Å². The molecule has 0 aromatic carbocycles. The number of nitrogens with one attached hydrogen (secondary N) is 2. The van der Waals surface area contributed by atoms with Gasteiger partial charge in [0.05, 0.1) is 6.04 Å². The molecule has 1 aromatic heterocycles. The van der Waals surface area contributed by atoms with Crippen molar-refractivity contribution in [1.82, 2.24) is 15.6 Å². The Balaban J connectivity index is 1.87. The summed E-state index contributed by atoms with van der Waals surface area (Å²) in [5, 5.41) is 10.5. The van der Waals surface area contributed by atoms with Crippen LogP contribution in [0.2, 0.25) is 0 Å². The number of thiazole rings is 1. The zero-order chi connectivity index (χ0) is 10.7. The number of nitrogens with zero attached hydrogens (tertiary/aromatic N) is 1. The van der Waals surface area contributed by atoms with Gasteiger partial charge < -0.3 is 10.6 Å². The maximum atomic E-state index is 5.24. The van der Waals surface area contributed by atoms with Crippen LogP contribution in [0.3, 0.4) is 0 Å². The fourth-order valence-corrected chi connectivity index (χ4v) is 2.44. The van der Waals surface area contributed by atoms with Crippen molar-refractivity contribution in [3.8, 4) is 0 Å². The maximum Gasteiger partial charge on any atom is 0.167 e. The summed E-state index contributed by atoms with van der Waals surface area (Å²) in [6.45, 7) is 2.14. The summed E-state index contributed by atoms with van der Waals surface area (Å²) in [4.78, 5) is 4.30. The summed E-state index contributed by atoms with van der Waals surface area (Å²) < 4.78 is 0. The minimum Gasteiger partial charge on any atom is -0.360 e. The fourth-order valence-electron chi connectivity index (χ4n) is 1.36. The van der Waals surface area contributed by atoms with Crippen LogP contribution in [0, 0.1) is 0 Å². The van der Waals surface area contributed by atoms with Gasteiger partial charge in [0.15, 0.2) is 5.11 Å². The lowest BCUT2D eigenvalue weighted by molar-refractivity contribution is 0.612. The molecule has 2 rings (SSSR count). The van der Waals surface area contributed by atoms with Crippen molar-refractivity contribution in [3.63, 3.8) is 0 Å². The summed E-state index contributed by atoms with van der Waals surface area (Å²) in [6.07, 6.45) is 5.33. The molecule has 0 bridgehead atoms. The molecule has 15 heavy (non-hydrogen) atoms. The van der Waals surface area contributed by atoms with E-state index in [4.69, 9.17) is 12.2 Å². The summed E-state index contributed by atoms with van der Waals surface area (Å²) in [5.74, 6) is 0. The van der Waals surface area contributed by atoms with Gasteiger partial charge in [-0.05, 0) is 31.5 Å². The molecule has 3 nitrogen and oxygen atoms in total. The van der Waals surface area contributed by atoms with E-state index in [1.165, 1.54) is 12.8 Å². The lowest BCUT2D eigenvalue weighted by atomic mass is 10.2. The lowest BCUT2D eigenvalue weighted by Crippen LogP contribution is -2.38. The van der Waals surface area contributed by atoms with Crippen LogP contribution in [0.5, 0.6) is 0 Å². The highest BCUT2D eigenvalue weighted by atomic mass is 32.1. The van der Waals surface area contributed by atoms with E-state index in [0.717, 1.165) is 16.5 Å². The Labute approximate surface area is 99.3 Å². The first-order valence-corrected chi connectivity index (χ1v) is 6.54. The molecular formula is C10H15N3S2. The van der Waals surface area contributed by atoms with Gasteiger partial charge in [-0.2, -0.15) is 0 Å². The van der Waals surface area contributed by atoms with Gasteiger partial charge in [-0.15, -0.1) is 11.3 Å². The molecule has 0 saturated heterocycles. The minimum absolute atomic E-state index is 0.253. The van der Waals surface area contributed by atoms with Crippen molar-refractivity contribution >= 4 is 28.7 Å². The van der Waals surface area contributed by atoms with Gasteiger partial charge in [0.25, 0.3) is 0 Å². The molecule has 1 heterocycles. The third-order valence-electron chi connectivity index (χ3n) is 2.38. The molecule has 1 fully saturated rings. The van der Waals surface area contributed by atoms with Crippen LogP contribution in [0.15, 0.2) is 11.6 Å². The lowest BCUT2D eigenvalue weighted by Gasteiger charge is -2.17. The molecule has 1 aliphatic rings. The molecule has 82 valence electrons. The molecule has 1 unspecified atom stereocenters. The Morgan fingerprint density at radius 1 is 1.73 bits per heavy atom. The number of hydrogen-bond acceptors (Lipinski definition) is 3. The van der Waals surface area contributed by atoms with Crippen molar-refractivity contribution in [2.24, 2.45) is 0 Å². The largest absolute Gasteiger partial charge is 0.360 e. The first kappa shape index (κ1) is 10.8. The molecular weight excluding hydrogens is 226 g/mol. The van der Waals surface area contributed by atoms with E-state index >= 15 is 0 Å². The Morgan fingerprint density at radius 2 is 2.53 bits per heavy atom. The molecule has 5 heteroatoms. The van der Waals surface area contributed by atoms with Gasteiger partial charge in [-0.25, -0.2) is 4.98 Å². The highest BCUT2D eigenvalue weighted by Gasteiger charge is 2.23. The first-order valence-electron chi connectivity index (χ1n) is 5.26. The van der Waals surface area contributed by atoms with E-state index in [2.05, 4.69) is 22.5 Å². The first-order chi connectivity index (χ1) is 7.29. The van der Waals surface area contributed by atoms with E-state index in [1.54, 1.807) is 11.3 Å². The van der Waals surface area contributed by atoms with Crippen molar-refractivity contribution in [2.75, 3.05) is 0 Å². The predicted molar refractivity (Wildman–Crippen MR) is 67.0 cm³/mol. The molecule has 1 aromatic rings. The van der Waals surface area contributed by atoms with Gasteiger partial charge in [-0.3, -0.25) is 0 Å². The number of hydrogen-bond donors (Lipinski definition) is 2. The van der Waals surface area contributed by atoms with Crippen molar-refractivity contribution in [2.45, 2.75) is 38.3 Å². The molecule has 1 aliphatic carbocycles. The summed E-state index contributed by atoms with van der Waals surface area (Å²) in [5.41, 5.74) is 0. The Hall–Kier alpha value is -0.680. The zero-order valence-corrected chi connectivity index (χ0v) is 10.3. The second-order valence-electron chi connectivity index (χ2n) is 3.72. The topological polar surface area (TPSA) is 37.0 Å². The fraction of sp³-hybridized carbons (Fsp3) is 0.600. The van der Waals surface area contributed by atoms with E-state index in [0.29, 0.717) is 6.04 Å². The average Bonchev–Trinajstić information content (AvgIpc) is 2.86. The molecule has 0 aliphatic heterocycles. The molecule has 1 saturated carbocycles. The third kappa shape index (κ3) is 3.14. The van der Waals surface area contributed by atoms with Crippen LogP contribution in [0.1, 0.15) is 37.2 Å². The van der Waals surface area contributed by atoms with Gasteiger partial charge in [-0.1, -0.05) is 6.92 Å². The highest BCUT2D eigenvalue weighted by Crippen LogP contribution is 2.20. The van der Waals surface area contributed by atoms with Crippen molar-refractivity contribution in [3.05, 3.63) is 16.6 Å². The van der Waals surface area contributed by atoms with Crippen LogP contribution in [-0.2, 0) is 0 Å². The van der Waals surface area contributed by atoms with E-state index in [9.17, 15) is 0 Å². The average molecular weight is 241 g/mol. The van der Waals surface area contributed by atoms with Gasteiger partial charge in [0.2, 0.25) is 0 Å². The van der Waals surface area contributed by atoms with Crippen LogP contribution in [-0.4, -0.2) is 16.1 Å². The summed E-state index contributed by atoms with van der Waals surface area (Å²) in [6, 6.07) is 0.863. The predicted octanol–water partition coefficient (Wildman–Crippen LogP) is 2.22. The van der Waals surface area contributed by atoms with Crippen LogP contribution < -0.4 is 10.6 Å². The highest BCUT2D eigenvalue weighted by molar-refractivity contribution is 7.80. The minimum atomic E-state index is 0.253. The molecule has 1 atom stereocenters. The Bertz CT molecular complexity index is 319. The second kappa shape index (κ2) is 4.90. The van der Waals surface area contributed by atoms with Crippen molar-refractivity contribution in [1.29, 1.82) is 0 Å². The maximum absolute atomic E-state index is 5.24. The second-order valence-corrected chi connectivity index (χ2v) is 5.06. The quantitative estimate of drug-likeness (QED) is 0.793. The molecule has 2 N–H and O–H groups in total. The van der Waals surface area contributed by atoms with Crippen LogP contribution in [0.25, 0.3) is 0 Å². The van der Waals surface area contributed by atoms with Gasteiger partial charge in [0, 0.05) is 17.6 Å². The van der Waals surface area contributed by atoms with Gasteiger partial charge >= 0.3 is 0 Å². The monoisotopic (exact) mass is 241 g/mol. The molecule has 0 spiro atoms. The Morgan fingerprint density at radius 3 is 3.07 bits per heavy atom. The standard InChI is InChI=1S/C10H15N3S2/c1-2-8(9-11-5-6-15-9)13-10(14)12-7-3-4-7/h5-8H,2-4H2,1H3,(H2,12,13,14). The van der Waals surface area contributed by atoms with E-state index < -0.39 is 0 Å². The smallest absolute Gasteiger partial charge is 0.167 e. The number of thiocarbonyl (C=S) groups is 1. The third-order valence-corrected chi connectivity index (χ3v) is 3.50. The SMILES string of the molecule is CCC(NC(=S)NC1CC1)c1nccs1. The van der Waals surface area contributed by atoms with Gasteiger partial charge in [0.1, 0.15) is 5.01 Å². The molecule has 0 radical (unpaired) electrons. The zero-order valence-electron chi connectivity index (χ0n) is 8.69.